The molecular weight excluding hydrogens is 1190 g/mol. The summed E-state index contributed by atoms with van der Waals surface area (Å²) in [7, 11) is 1.56. The molecule has 18 heteroatoms. The van der Waals surface area contributed by atoms with Gasteiger partial charge in [0.05, 0.1) is 23.8 Å². The number of ketones is 5. The predicted molar refractivity (Wildman–Crippen MR) is 357 cm³/mol. The summed E-state index contributed by atoms with van der Waals surface area (Å²) in [6.07, 6.45) is 10.4. The van der Waals surface area contributed by atoms with Crippen LogP contribution < -0.4 is 41.0 Å². The van der Waals surface area contributed by atoms with E-state index < -0.39 is 23.8 Å². The average Bonchev–Trinajstić information content (AvgIpc) is 1.62. The van der Waals surface area contributed by atoms with Crippen LogP contribution in [0.15, 0.2) is 206 Å². The monoisotopic (exact) mass is 1260 g/mol. The van der Waals surface area contributed by atoms with Crippen molar-refractivity contribution in [2.45, 2.75) is 47.5 Å². The van der Waals surface area contributed by atoms with E-state index in [1.54, 1.807) is 211 Å². The van der Waals surface area contributed by atoms with Crippen LogP contribution in [0, 0.1) is 47.3 Å². The lowest BCUT2D eigenvalue weighted by Gasteiger charge is -2.23. The molecule has 94 heavy (non-hydrogen) atoms. The number of hydrogen-bond donors (Lipinski definition) is 4. The Morgan fingerprint density at radius 1 is 0.351 bits per heavy atom. The van der Waals surface area contributed by atoms with E-state index in [9.17, 15) is 47.9 Å². The van der Waals surface area contributed by atoms with Crippen molar-refractivity contribution in [2.75, 3.05) is 29.2 Å². The number of allylic oxidation sites excluding steroid dienone is 4. The number of hydrogen-bond acceptors (Lipinski definition) is 16. The maximum atomic E-state index is 12.9. The number of anilines is 4. The molecule has 2 fully saturated rings. The zero-order valence-electron chi connectivity index (χ0n) is 52.5. The van der Waals surface area contributed by atoms with Crippen LogP contribution in [0.5, 0.6) is 23.0 Å². The lowest BCUT2D eigenvalue weighted by atomic mass is 9.79. The summed E-state index contributed by atoms with van der Waals surface area (Å²) in [6, 6.07) is 49.1. The Morgan fingerprint density at radius 2 is 0.691 bits per heavy atom. The van der Waals surface area contributed by atoms with Crippen LogP contribution in [-0.2, 0) is 19.2 Å². The zero-order chi connectivity index (χ0) is 67.3. The van der Waals surface area contributed by atoms with Gasteiger partial charge in [-0.1, -0.05) is 48.6 Å². The van der Waals surface area contributed by atoms with Crippen molar-refractivity contribution in [3.05, 3.63) is 240 Å². The molecule has 6 N–H and O–H groups in total. The van der Waals surface area contributed by atoms with Crippen LogP contribution in [0.25, 0.3) is 10.8 Å². The van der Waals surface area contributed by atoms with Gasteiger partial charge >= 0.3 is 17.9 Å². The first-order valence-corrected chi connectivity index (χ1v) is 30.4. The summed E-state index contributed by atoms with van der Waals surface area (Å²) in [6.45, 7) is 7.93. The van der Waals surface area contributed by atoms with Crippen LogP contribution in [0.1, 0.15) is 110 Å². The number of rotatable bonds is 16. The molecule has 18 nitrogen and oxygen atoms in total. The van der Waals surface area contributed by atoms with Gasteiger partial charge in [-0.05, 0) is 240 Å². The number of esters is 3. The zero-order valence-corrected chi connectivity index (χ0v) is 52.5. The van der Waals surface area contributed by atoms with Gasteiger partial charge in [0.25, 0.3) is 11.8 Å². The molecule has 0 spiro atoms. The van der Waals surface area contributed by atoms with Gasteiger partial charge in [0.15, 0.2) is 5.78 Å². The van der Waals surface area contributed by atoms with Crippen molar-refractivity contribution in [2.24, 2.45) is 47.3 Å². The Labute approximate surface area is 543 Å². The summed E-state index contributed by atoms with van der Waals surface area (Å²) >= 11 is 0. The third-order valence-electron chi connectivity index (χ3n) is 16.9. The van der Waals surface area contributed by atoms with E-state index in [2.05, 4.69) is 34.9 Å². The molecule has 0 heterocycles. The van der Waals surface area contributed by atoms with Crippen LogP contribution in [0.2, 0.25) is 0 Å². The summed E-state index contributed by atoms with van der Waals surface area (Å²) in [4.78, 5) is 119. The third kappa shape index (κ3) is 16.8. The first-order valence-electron chi connectivity index (χ1n) is 30.4. The van der Waals surface area contributed by atoms with Gasteiger partial charge in [-0.15, -0.1) is 0 Å². The molecule has 0 aromatic heterocycles. The smallest absolute Gasteiger partial charge is 0.343 e. The van der Waals surface area contributed by atoms with Crippen molar-refractivity contribution in [1.29, 1.82) is 0 Å². The minimum Gasteiger partial charge on any atom is -0.497 e. The van der Waals surface area contributed by atoms with Gasteiger partial charge < -0.3 is 41.0 Å². The van der Waals surface area contributed by atoms with Crippen molar-refractivity contribution in [3.63, 3.8) is 0 Å². The second-order valence-corrected chi connectivity index (χ2v) is 23.4. The Balaban J connectivity index is 0.000000166. The molecule has 8 atom stereocenters. The fraction of sp³-hybridized carbons (Fsp3) is 0.211. The van der Waals surface area contributed by atoms with Gasteiger partial charge in [-0.3, -0.25) is 33.6 Å². The normalized spacial score (nSPS) is 18.9. The Hall–Kier alpha value is -11.4. The standard InChI is InChI=1S/C33H24N2O6.C21H18N2O4.2C11H14O2/c1-20(36)22-5-6-24-19-30(14-9-23(24)17-22)41-33(39)26-4-2-3-25(18-26)31(37)35-28-12-15-29(16-13-28)40-32(38)21-7-10-27(34)11-8-21;1-26-18-10-4-15(5-11-18)21(25)27-19-12-8-17(9-13-19)23-20(24)14-2-6-16(22)7-3-14;2*1-6(12)10-8-3-4-9(5-8)11(10)7(2)13/h2-19H,34H2,1H3,(H,35,37);2-13H,22H2,1H3,(H,23,24);2*3-4,8-11H,5H2,1-2H3. The van der Waals surface area contributed by atoms with E-state index in [4.69, 9.17) is 30.4 Å². The van der Waals surface area contributed by atoms with Gasteiger partial charge in [0, 0.05) is 63.1 Å². The largest absolute Gasteiger partial charge is 0.497 e. The summed E-state index contributed by atoms with van der Waals surface area (Å²) in [5.41, 5.74) is 15.8. The SMILES string of the molecule is CC(=O)C1C2C=CC(C2)C1C(C)=O.CC(=O)C1C2C=CC(C2)C1C(C)=O.CC(=O)c1ccc2cc(OC(=O)c3cccc(C(=O)Nc4ccc(OC(=O)c5ccc(N)cc5)cc4)c3)ccc2c1.COc1ccc(C(=O)Oc2ccc(NC(=O)c3ccc(N)cc3)cc2)cc1. The number of nitrogens with two attached hydrogens (primary N) is 2. The van der Waals surface area contributed by atoms with E-state index in [1.807, 2.05) is 0 Å². The number of ether oxygens (including phenoxy) is 4. The molecule has 478 valence electrons. The molecule has 0 aliphatic heterocycles. The highest BCUT2D eigenvalue weighted by Crippen LogP contribution is 2.49. The number of nitrogen functional groups attached to an aromatic ring is 2. The number of fused-ring (bicyclic) bond motifs is 5. The van der Waals surface area contributed by atoms with Crippen LogP contribution in [0.4, 0.5) is 22.7 Å². The Morgan fingerprint density at radius 3 is 1.12 bits per heavy atom. The van der Waals surface area contributed by atoms with Gasteiger partial charge in [-0.2, -0.15) is 0 Å². The minimum atomic E-state index is -0.619. The summed E-state index contributed by atoms with van der Waals surface area (Å²) in [5.74, 6) is 1.35. The molecule has 2 amide bonds. The van der Waals surface area contributed by atoms with Gasteiger partial charge in [0.2, 0.25) is 0 Å². The quantitative estimate of drug-likeness (QED) is 0.0230. The Kier molecular flexibility index (Phi) is 21.5. The molecule has 12 rings (SSSR count). The number of benzene rings is 8. The van der Waals surface area contributed by atoms with Crippen LogP contribution >= 0.6 is 0 Å². The van der Waals surface area contributed by atoms with Crippen LogP contribution in [-0.4, -0.2) is 65.7 Å². The topological polar surface area (TPSA) is 284 Å². The molecule has 2 saturated carbocycles. The molecule has 8 aromatic carbocycles. The maximum Gasteiger partial charge on any atom is 0.343 e. The van der Waals surface area contributed by atoms with E-state index >= 15 is 0 Å². The van der Waals surface area contributed by atoms with E-state index in [0.717, 1.165) is 23.6 Å². The minimum absolute atomic E-state index is 0.0208. The molecule has 8 aromatic rings. The first kappa shape index (κ1) is 67.0. The summed E-state index contributed by atoms with van der Waals surface area (Å²) in [5, 5.41) is 7.19. The van der Waals surface area contributed by atoms with E-state index in [-0.39, 0.29) is 69.6 Å². The van der Waals surface area contributed by atoms with E-state index in [0.29, 0.717) is 91.7 Å². The van der Waals surface area contributed by atoms with Crippen molar-refractivity contribution in [3.8, 4) is 23.0 Å². The second kappa shape index (κ2) is 30.1. The highest BCUT2D eigenvalue weighted by atomic mass is 16.5. The molecule has 0 radical (unpaired) electrons. The molecule has 4 aliphatic rings. The molecule has 4 aliphatic carbocycles. The Bertz CT molecular complexity index is 4140. The fourth-order valence-electron chi connectivity index (χ4n) is 12.3. The molecule has 8 unspecified atom stereocenters. The lowest BCUT2D eigenvalue weighted by molar-refractivity contribution is -0.130. The van der Waals surface area contributed by atoms with Crippen molar-refractivity contribution < 1.29 is 66.9 Å². The molecule has 4 bridgehead atoms. The fourth-order valence-corrected chi connectivity index (χ4v) is 12.3. The van der Waals surface area contributed by atoms with E-state index in [1.165, 1.54) is 13.0 Å². The third-order valence-corrected chi connectivity index (χ3v) is 16.9. The molecular formula is C76H70N4O14. The number of carbonyl (C=O) groups excluding carboxylic acids is 10. The summed E-state index contributed by atoms with van der Waals surface area (Å²) < 4.78 is 21.3. The second-order valence-electron chi connectivity index (χ2n) is 23.4. The average molecular weight is 1260 g/mol. The van der Waals surface area contributed by atoms with Crippen LogP contribution in [0.3, 0.4) is 0 Å². The number of amides is 2. The lowest BCUT2D eigenvalue weighted by Crippen LogP contribution is -2.30. The highest BCUT2D eigenvalue weighted by molar-refractivity contribution is 6.06. The maximum absolute atomic E-state index is 12.9. The first-order chi connectivity index (χ1) is 45.0. The van der Waals surface area contributed by atoms with Crippen molar-refractivity contribution in [1.82, 2.24) is 0 Å². The number of carbonyl (C=O) groups is 10. The predicted octanol–water partition coefficient (Wildman–Crippen LogP) is 13.3. The van der Waals surface area contributed by atoms with Crippen molar-refractivity contribution >= 4 is 92.2 Å². The number of nitrogens with one attached hydrogen (secondary N) is 2. The highest BCUT2D eigenvalue weighted by Gasteiger charge is 2.49. The van der Waals surface area contributed by atoms with Gasteiger partial charge in [-0.25, -0.2) is 14.4 Å². The van der Waals surface area contributed by atoms with Gasteiger partial charge in [0.1, 0.15) is 46.1 Å². The molecule has 0 saturated heterocycles. The number of Topliss-reactive ketones (excluding diaryl/α,β-unsaturated/α-hetero) is 5. The number of methoxy groups -OCH3 is 1.